The lowest BCUT2D eigenvalue weighted by Gasteiger charge is -2.23. The number of aromatic nitrogens is 7. The Balaban J connectivity index is 0.000000125. The van der Waals surface area contributed by atoms with Crippen LogP contribution >= 0.6 is 0 Å². The fourth-order valence-electron chi connectivity index (χ4n) is 23.8. The van der Waals surface area contributed by atoms with Gasteiger partial charge in [-0.1, -0.05) is 72.8 Å². The van der Waals surface area contributed by atoms with Crippen molar-refractivity contribution in [3.8, 4) is 0 Å². The Morgan fingerprint density at radius 3 is 1.06 bits per heavy atom. The van der Waals surface area contributed by atoms with Crippen molar-refractivity contribution in [3.63, 3.8) is 0 Å². The van der Waals surface area contributed by atoms with Gasteiger partial charge >= 0.3 is 48.9 Å². The number of anilines is 5. The molecule has 0 bridgehead atoms. The fourth-order valence-corrected chi connectivity index (χ4v) is 23.8. The molecule has 732 valence electrons. The molecule has 5 saturated heterocycles. The van der Waals surface area contributed by atoms with Crippen LogP contribution in [0.1, 0.15) is 215 Å². The summed E-state index contributed by atoms with van der Waals surface area (Å²) < 4.78 is 214. The van der Waals surface area contributed by atoms with Crippen molar-refractivity contribution in [1.82, 2.24) is 39.8 Å². The third kappa shape index (κ3) is 22.2. The van der Waals surface area contributed by atoms with Gasteiger partial charge in [0.2, 0.25) is 11.9 Å². The van der Waals surface area contributed by atoms with Crippen LogP contribution in [0.25, 0.3) is 0 Å². The quantitative estimate of drug-likeness (QED) is 0.0971. The van der Waals surface area contributed by atoms with Crippen molar-refractivity contribution in [1.29, 1.82) is 0 Å². The van der Waals surface area contributed by atoms with Gasteiger partial charge in [0.15, 0.2) is 0 Å². The Morgan fingerprint density at radius 2 is 0.681 bits per heavy atom. The molecule has 0 spiro atoms. The molecule has 5 aliphatic carbocycles. The van der Waals surface area contributed by atoms with Crippen LogP contribution in [-0.4, -0.2) is 133 Å². The Kier molecular flexibility index (Phi) is 28.5. The van der Waals surface area contributed by atoms with Crippen LogP contribution in [-0.2, 0) is 30.9 Å². The molecule has 5 saturated carbocycles. The summed E-state index contributed by atoms with van der Waals surface area (Å²) in [4.78, 5) is 76.8. The van der Waals surface area contributed by atoms with E-state index in [1.165, 1.54) is 60.3 Å². The molecular weight excluding hydrogens is 1820 g/mol. The highest BCUT2D eigenvalue weighted by molar-refractivity contribution is 6.00. The van der Waals surface area contributed by atoms with E-state index in [0.29, 0.717) is 128 Å². The maximum Gasteiger partial charge on any atom is 0.416 e. The molecule has 5 aromatic heterocycles. The maximum atomic E-state index is 13.6. The van der Waals surface area contributed by atoms with Crippen LogP contribution in [0.5, 0.6) is 0 Å². The number of alkyl halides is 15. The Bertz CT molecular complexity index is 6000. The number of nitrogens with zero attached hydrogens (tertiary/aromatic N) is 12. The third-order valence-electron chi connectivity index (χ3n) is 30.0. The molecular formula is C104H109F16N13O5. The number of amides is 2. The second-order valence-corrected chi connectivity index (χ2v) is 39.2. The summed E-state index contributed by atoms with van der Waals surface area (Å²) in [7, 11) is 0. The second-order valence-electron chi connectivity index (χ2n) is 39.2. The lowest BCUT2D eigenvalue weighted by Crippen LogP contribution is -2.34. The lowest BCUT2D eigenvalue weighted by molar-refractivity contribution is -0.139. The van der Waals surface area contributed by atoms with Gasteiger partial charge in [-0.25, -0.2) is 48.7 Å². The van der Waals surface area contributed by atoms with Gasteiger partial charge in [0.1, 0.15) is 28.6 Å². The van der Waals surface area contributed by atoms with Gasteiger partial charge in [0.05, 0.1) is 33.5 Å². The molecule has 5 aromatic carbocycles. The van der Waals surface area contributed by atoms with Gasteiger partial charge in [-0.2, -0.15) is 65.9 Å². The SMILES string of the molecule is Cc1cc(C)nc(N2C[C@H]3CC(c4cc(F)ccc4C(F)(F)F)C[C@H]3C2)n1.Cc1cc(C)nc(N2C[C@H]3CC(c4ccccc4C(F)(F)F)C[C@H]3C2)c1.Cc1cc(NC(=O)N2C[C@H]3CC(c4ccccc4C(F)(F)F)C[C@H]3C2)c(C(=O)O)cn1.Cc1nc(N2C[C@H]3CC(c4ccccc4C(F)(F)F)C[C@H]3C2)nc(C)c1C.O=C(O)c1cccnc1N1C[C@H]2CC(c3ccccc3C(F)(F)F)C[C@H]2C1. The van der Waals surface area contributed by atoms with E-state index in [1.807, 2.05) is 52.5 Å². The third-order valence-corrected chi connectivity index (χ3v) is 30.0. The summed E-state index contributed by atoms with van der Waals surface area (Å²) in [6.07, 6.45) is -11.9. The van der Waals surface area contributed by atoms with Gasteiger partial charge < -0.3 is 40.0 Å². The summed E-state index contributed by atoms with van der Waals surface area (Å²) in [5.41, 5.74) is 6.94. The number of rotatable bonds is 12. The first-order valence-electron chi connectivity index (χ1n) is 46.8. The summed E-state index contributed by atoms with van der Waals surface area (Å²) in [5, 5.41) is 21.3. The number of halogens is 16. The number of likely N-dealkylation sites (tertiary alicyclic amines) is 1. The largest absolute Gasteiger partial charge is 0.478 e. The molecule has 20 rings (SSSR count). The monoisotopic (exact) mass is 1920 g/mol. The van der Waals surface area contributed by atoms with E-state index in [2.05, 4.69) is 74.0 Å². The molecule has 15 atom stereocenters. The van der Waals surface area contributed by atoms with E-state index in [-0.39, 0.29) is 87.5 Å². The van der Waals surface area contributed by atoms with Gasteiger partial charge in [-0.3, -0.25) is 4.98 Å². The highest BCUT2D eigenvalue weighted by atomic mass is 19.4. The molecule has 18 nitrogen and oxygen atoms in total. The van der Waals surface area contributed by atoms with Crippen LogP contribution in [0.2, 0.25) is 0 Å². The standard InChI is InChI=1S/C22H22F3N3O3.C21H24F3N3.C21H23F3N2.C20H21F4N3.C20H19F3N2O2/c1-12-6-19(17(9-26-12)20(29)30)27-21(31)28-10-14-7-13(8-15(14)11-28)16-4-2-3-5-18(16)22(23,24)25;1-12-13(2)25-20(26-14(12)3)27-10-16-8-15(9-17(16)11-27)18-6-4-5-7-19(18)21(22,23)24;1-13-7-14(2)25-20(8-13)26-11-16-9-15(10-17(16)12-26)18-5-3-4-6-19(18)21(22,23)24;1-11-5-12(2)26-19(25-11)27-9-14-6-13(7-15(14)10-27)17-8-16(21)3-4-18(17)20(22,23)24;21-20(22,23)17-6-2-1-4-15(17)12-8-13-10-25(11-14(13)9-12)18-16(19(26)27)5-3-7-24-18/h2-6,9,13-15H,7-8,10-11H2,1H3,(H,29,30)(H,26,27,31);4-7,15-17H,8-11H2,1-3H3;3-8,15-17H,9-12H2,1-2H3;3-5,8,13-15H,6-7,9-10H2,1-2H3;1-7,12-14H,8-11H2,(H,26,27)/t13?,14-,15+;2*15?,16-,17+;13?,14-,15+;12?,13-,14+. The van der Waals surface area contributed by atoms with E-state index in [9.17, 15) is 94.8 Å². The number of urea groups is 1. The number of benzene rings is 5. The number of hydrogen-bond acceptors (Lipinski definition) is 14. The first kappa shape index (κ1) is 99.0. The number of carbonyl (C=O) groups is 3. The number of carboxylic acid groups (broad SMARTS) is 2. The first-order chi connectivity index (χ1) is 65.2. The van der Waals surface area contributed by atoms with E-state index in [4.69, 9.17) is 0 Å². The number of hydrogen-bond donors (Lipinski definition) is 3. The Hall–Kier alpha value is -12.0. The molecule has 34 heteroatoms. The fraction of sp³-hybridized carbons (Fsp3) is 0.462. The van der Waals surface area contributed by atoms with Crippen molar-refractivity contribution in [2.24, 2.45) is 59.2 Å². The van der Waals surface area contributed by atoms with Crippen molar-refractivity contribution in [2.75, 3.05) is 90.4 Å². The summed E-state index contributed by atoms with van der Waals surface area (Å²) in [6.45, 7) is 22.7. The maximum absolute atomic E-state index is 13.6. The van der Waals surface area contributed by atoms with Crippen LogP contribution < -0.4 is 24.9 Å². The molecule has 5 unspecified atom stereocenters. The number of carboxylic acids is 2. The Labute approximate surface area is 789 Å². The molecule has 10 heterocycles. The topological polar surface area (TPSA) is 210 Å². The van der Waals surface area contributed by atoms with Crippen LogP contribution in [0.15, 0.2) is 164 Å². The average molecular weight is 1930 g/mol. The van der Waals surface area contributed by atoms with E-state index < -0.39 is 82.5 Å². The predicted octanol–water partition coefficient (Wildman–Crippen LogP) is 24.5. The number of nitrogens with one attached hydrogen (secondary N) is 1. The average Bonchev–Trinajstić information content (AvgIpc) is 1.63. The van der Waals surface area contributed by atoms with Crippen molar-refractivity contribution in [3.05, 3.63) is 282 Å². The number of carbonyl (C=O) groups excluding carboxylic acids is 1. The minimum absolute atomic E-state index is 0.0113. The van der Waals surface area contributed by atoms with E-state index >= 15 is 0 Å². The van der Waals surface area contributed by atoms with Crippen molar-refractivity contribution in [2.45, 2.75) is 180 Å². The molecule has 10 aromatic rings. The second kappa shape index (κ2) is 39.7. The number of fused-ring (bicyclic) bond motifs is 5. The smallest absolute Gasteiger partial charge is 0.416 e. The highest BCUT2D eigenvalue weighted by Gasteiger charge is 2.52. The van der Waals surface area contributed by atoms with Crippen molar-refractivity contribution >= 4 is 47.2 Å². The molecule has 2 amide bonds. The molecule has 5 aliphatic heterocycles. The van der Waals surface area contributed by atoms with Gasteiger partial charge in [0.25, 0.3) is 0 Å². The van der Waals surface area contributed by atoms with Crippen molar-refractivity contribution < 1.29 is 94.8 Å². The van der Waals surface area contributed by atoms with Gasteiger partial charge in [-0.05, 0) is 326 Å². The first-order valence-corrected chi connectivity index (χ1v) is 46.8. The van der Waals surface area contributed by atoms with E-state index in [0.717, 1.165) is 141 Å². The van der Waals surface area contributed by atoms with E-state index in [1.54, 1.807) is 72.6 Å². The predicted molar refractivity (Wildman–Crippen MR) is 490 cm³/mol. The minimum Gasteiger partial charge on any atom is -0.478 e. The summed E-state index contributed by atoms with van der Waals surface area (Å²) >= 11 is 0. The number of aromatic carboxylic acids is 2. The lowest BCUT2D eigenvalue weighted by atomic mass is 9.91. The zero-order chi connectivity index (χ0) is 98.7. The zero-order valence-electron chi connectivity index (χ0n) is 77.4. The molecule has 138 heavy (non-hydrogen) atoms. The summed E-state index contributed by atoms with van der Waals surface area (Å²) in [5.74, 6) is 2.55. The normalized spacial score (nSPS) is 24.7. The molecule has 10 aliphatic rings. The minimum atomic E-state index is -4.46. The van der Waals surface area contributed by atoms with Crippen LogP contribution in [0.3, 0.4) is 0 Å². The Morgan fingerprint density at radius 1 is 0.341 bits per heavy atom. The summed E-state index contributed by atoms with van der Waals surface area (Å²) in [6, 6.07) is 36.8. The number of aryl methyl sites for hydroxylation is 7. The molecule has 10 fully saturated rings. The van der Waals surface area contributed by atoms with Crippen LogP contribution in [0.4, 0.5) is 104 Å². The molecule has 0 radical (unpaired) electrons. The highest BCUT2D eigenvalue weighted by Crippen LogP contribution is 2.56. The number of pyridine rings is 3. The zero-order valence-corrected chi connectivity index (χ0v) is 77.4. The van der Waals surface area contributed by atoms with Crippen LogP contribution in [0, 0.1) is 120 Å². The molecule has 3 N–H and O–H groups in total. The van der Waals surface area contributed by atoms with Gasteiger partial charge in [-0.15, -0.1) is 0 Å². The van der Waals surface area contributed by atoms with Gasteiger partial charge in [0, 0.05) is 112 Å².